The Morgan fingerprint density at radius 1 is 1.24 bits per heavy atom. The highest BCUT2D eigenvalue weighted by molar-refractivity contribution is 5.92. The SMILES string of the molecule is C[C@H](NC(=O)C1CCN(C(=O)c2ccccn2)CC1)C1=CCCCC1. The van der Waals surface area contributed by atoms with E-state index in [4.69, 9.17) is 0 Å². The van der Waals surface area contributed by atoms with Gasteiger partial charge in [-0.15, -0.1) is 0 Å². The van der Waals surface area contributed by atoms with Crippen molar-refractivity contribution >= 4 is 11.8 Å². The van der Waals surface area contributed by atoms with Crippen molar-refractivity contribution in [3.63, 3.8) is 0 Å². The number of carbonyl (C=O) groups excluding carboxylic acids is 2. The predicted molar refractivity (Wildman–Crippen MR) is 97.0 cm³/mol. The maximum Gasteiger partial charge on any atom is 0.272 e. The average Bonchev–Trinajstić information content (AvgIpc) is 2.69. The van der Waals surface area contributed by atoms with Crippen LogP contribution in [0, 0.1) is 5.92 Å². The van der Waals surface area contributed by atoms with Crippen molar-refractivity contribution in [2.24, 2.45) is 5.92 Å². The van der Waals surface area contributed by atoms with Gasteiger partial charge < -0.3 is 10.2 Å². The summed E-state index contributed by atoms with van der Waals surface area (Å²) in [5.41, 5.74) is 1.84. The molecule has 1 aromatic rings. The first-order valence-electron chi connectivity index (χ1n) is 9.35. The Hall–Kier alpha value is -2.17. The molecule has 5 heteroatoms. The Bertz CT molecular complexity index is 634. The van der Waals surface area contributed by atoms with Gasteiger partial charge in [0.25, 0.3) is 5.91 Å². The van der Waals surface area contributed by atoms with E-state index >= 15 is 0 Å². The molecule has 1 aliphatic heterocycles. The van der Waals surface area contributed by atoms with Crippen LogP contribution in [0.2, 0.25) is 0 Å². The summed E-state index contributed by atoms with van der Waals surface area (Å²) in [5, 5.41) is 3.17. The summed E-state index contributed by atoms with van der Waals surface area (Å²) < 4.78 is 0. The third-order valence-corrected chi connectivity index (χ3v) is 5.28. The van der Waals surface area contributed by atoms with Crippen molar-refractivity contribution in [1.82, 2.24) is 15.2 Å². The van der Waals surface area contributed by atoms with Gasteiger partial charge >= 0.3 is 0 Å². The van der Waals surface area contributed by atoms with Gasteiger partial charge in [-0.25, -0.2) is 0 Å². The van der Waals surface area contributed by atoms with Gasteiger partial charge in [0, 0.05) is 31.2 Å². The number of hydrogen-bond donors (Lipinski definition) is 1. The molecule has 0 bridgehead atoms. The van der Waals surface area contributed by atoms with Crippen LogP contribution < -0.4 is 5.32 Å². The first-order valence-corrected chi connectivity index (χ1v) is 9.35. The molecule has 134 valence electrons. The molecular weight excluding hydrogens is 314 g/mol. The molecule has 1 saturated heterocycles. The maximum absolute atomic E-state index is 12.5. The first kappa shape index (κ1) is 17.6. The topological polar surface area (TPSA) is 62.3 Å². The number of nitrogens with zero attached hydrogens (tertiary/aromatic N) is 2. The number of rotatable bonds is 4. The highest BCUT2D eigenvalue weighted by Crippen LogP contribution is 2.22. The number of carbonyl (C=O) groups is 2. The van der Waals surface area contributed by atoms with Crippen LogP contribution in [0.3, 0.4) is 0 Å². The first-order chi connectivity index (χ1) is 12.1. The minimum Gasteiger partial charge on any atom is -0.350 e. The van der Waals surface area contributed by atoms with E-state index in [-0.39, 0.29) is 23.8 Å². The van der Waals surface area contributed by atoms with E-state index in [1.165, 1.54) is 18.4 Å². The molecule has 0 aromatic carbocycles. The molecule has 2 aliphatic rings. The van der Waals surface area contributed by atoms with Crippen molar-refractivity contribution in [3.8, 4) is 0 Å². The van der Waals surface area contributed by atoms with Gasteiger partial charge in [-0.05, 0) is 57.6 Å². The number of likely N-dealkylation sites (tertiary alicyclic amines) is 1. The zero-order valence-electron chi connectivity index (χ0n) is 14.9. The molecule has 2 heterocycles. The van der Waals surface area contributed by atoms with Crippen LogP contribution >= 0.6 is 0 Å². The Kier molecular flexibility index (Phi) is 5.84. The Labute approximate surface area is 149 Å². The predicted octanol–water partition coefficient (Wildman–Crippen LogP) is 2.94. The lowest BCUT2D eigenvalue weighted by Gasteiger charge is -2.32. The lowest BCUT2D eigenvalue weighted by atomic mass is 9.92. The van der Waals surface area contributed by atoms with E-state index in [0.29, 0.717) is 18.8 Å². The van der Waals surface area contributed by atoms with Crippen LogP contribution in [-0.2, 0) is 4.79 Å². The van der Waals surface area contributed by atoms with Crippen molar-refractivity contribution in [2.75, 3.05) is 13.1 Å². The Morgan fingerprint density at radius 3 is 2.68 bits per heavy atom. The lowest BCUT2D eigenvalue weighted by molar-refractivity contribution is -0.126. The van der Waals surface area contributed by atoms with Crippen LogP contribution in [-0.4, -0.2) is 40.8 Å². The zero-order valence-corrected chi connectivity index (χ0v) is 14.9. The van der Waals surface area contributed by atoms with E-state index in [2.05, 4.69) is 23.3 Å². The summed E-state index contributed by atoms with van der Waals surface area (Å²) in [6.45, 7) is 3.31. The van der Waals surface area contributed by atoms with Gasteiger partial charge in [-0.2, -0.15) is 0 Å². The molecule has 25 heavy (non-hydrogen) atoms. The van der Waals surface area contributed by atoms with Crippen LogP contribution in [0.1, 0.15) is 55.9 Å². The minimum absolute atomic E-state index is 0.000534. The van der Waals surface area contributed by atoms with Gasteiger partial charge in [0.15, 0.2) is 0 Å². The molecule has 0 spiro atoms. The summed E-state index contributed by atoms with van der Waals surface area (Å²) in [6.07, 6.45) is 10.1. The van der Waals surface area contributed by atoms with Crippen LogP contribution in [0.15, 0.2) is 36.0 Å². The number of nitrogens with one attached hydrogen (secondary N) is 1. The fraction of sp³-hybridized carbons (Fsp3) is 0.550. The summed E-state index contributed by atoms with van der Waals surface area (Å²) in [5.74, 6) is 0.0866. The molecule has 1 aliphatic carbocycles. The van der Waals surface area contributed by atoms with Gasteiger partial charge in [-0.3, -0.25) is 14.6 Å². The fourth-order valence-electron chi connectivity index (χ4n) is 3.68. The van der Waals surface area contributed by atoms with Gasteiger partial charge in [0.05, 0.1) is 0 Å². The molecule has 1 N–H and O–H groups in total. The van der Waals surface area contributed by atoms with E-state index in [1.54, 1.807) is 23.2 Å². The Balaban J connectivity index is 1.49. The minimum atomic E-state index is -0.0415. The molecule has 3 rings (SSSR count). The molecule has 2 amide bonds. The summed E-state index contributed by atoms with van der Waals surface area (Å²) >= 11 is 0. The van der Waals surface area contributed by atoms with Crippen LogP contribution in [0.5, 0.6) is 0 Å². The second-order valence-electron chi connectivity index (χ2n) is 7.04. The number of aromatic nitrogens is 1. The number of hydrogen-bond acceptors (Lipinski definition) is 3. The molecule has 0 saturated carbocycles. The number of amides is 2. The zero-order chi connectivity index (χ0) is 17.6. The normalized spacial score (nSPS) is 19.9. The molecule has 5 nitrogen and oxygen atoms in total. The van der Waals surface area contributed by atoms with E-state index in [9.17, 15) is 9.59 Å². The summed E-state index contributed by atoms with van der Waals surface area (Å²) in [7, 11) is 0. The number of pyridine rings is 1. The molecule has 1 fully saturated rings. The van der Waals surface area contributed by atoms with Crippen LogP contribution in [0.25, 0.3) is 0 Å². The monoisotopic (exact) mass is 341 g/mol. The van der Waals surface area contributed by atoms with Gasteiger partial charge in [0.1, 0.15) is 5.69 Å². The number of piperidine rings is 1. The van der Waals surface area contributed by atoms with E-state index in [0.717, 1.165) is 25.7 Å². The van der Waals surface area contributed by atoms with Crippen molar-refractivity contribution < 1.29 is 9.59 Å². The number of allylic oxidation sites excluding steroid dienone is 1. The van der Waals surface area contributed by atoms with Gasteiger partial charge in [-0.1, -0.05) is 17.7 Å². The van der Waals surface area contributed by atoms with Crippen molar-refractivity contribution in [3.05, 3.63) is 41.7 Å². The maximum atomic E-state index is 12.5. The standard InChI is InChI=1S/C20H27N3O2/c1-15(16-7-3-2-4-8-16)22-19(24)17-10-13-23(14-11-17)20(25)18-9-5-6-12-21-18/h5-7,9,12,15,17H,2-4,8,10-11,13-14H2,1H3,(H,22,24)/t15-/m0/s1. The summed E-state index contributed by atoms with van der Waals surface area (Å²) in [4.78, 5) is 30.9. The highest BCUT2D eigenvalue weighted by Gasteiger charge is 2.29. The smallest absolute Gasteiger partial charge is 0.272 e. The van der Waals surface area contributed by atoms with Gasteiger partial charge in [0.2, 0.25) is 5.91 Å². The molecule has 0 radical (unpaired) electrons. The molecular formula is C20H27N3O2. The quantitative estimate of drug-likeness (QED) is 0.857. The molecule has 1 atom stereocenters. The molecule has 0 unspecified atom stereocenters. The van der Waals surface area contributed by atoms with E-state index < -0.39 is 0 Å². The fourth-order valence-corrected chi connectivity index (χ4v) is 3.68. The largest absolute Gasteiger partial charge is 0.350 e. The third kappa shape index (κ3) is 4.47. The highest BCUT2D eigenvalue weighted by atomic mass is 16.2. The Morgan fingerprint density at radius 2 is 2.04 bits per heavy atom. The second-order valence-corrected chi connectivity index (χ2v) is 7.04. The van der Waals surface area contributed by atoms with E-state index in [1.807, 2.05) is 6.07 Å². The second kappa shape index (κ2) is 8.28. The van der Waals surface area contributed by atoms with Crippen LogP contribution in [0.4, 0.5) is 0 Å². The third-order valence-electron chi connectivity index (χ3n) is 5.28. The lowest BCUT2D eigenvalue weighted by Crippen LogP contribution is -2.45. The summed E-state index contributed by atoms with van der Waals surface area (Å²) in [6, 6.07) is 5.49. The van der Waals surface area contributed by atoms with Crippen molar-refractivity contribution in [1.29, 1.82) is 0 Å². The average molecular weight is 341 g/mol. The molecule has 1 aromatic heterocycles. The van der Waals surface area contributed by atoms with Crippen molar-refractivity contribution in [2.45, 2.75) is 51.5 Å².